The van der Waals surface area contributed by atoms with Gasteiger partial charge < -0.3 is 4.74 Å². The van der Waals surface area contributed by atoms with Crippen LogP contribution in [0.3, 0.4) is 0 Å². The smallest absolute Gasteiger partial charge is 0.310 e. The molecule has 4 unspecified atom stereocenters. The minimum Gasteiger partial charge on any atom is -0.466 e. The van der Waals surface area contributed by atoms with Gasteiger partial charge in [0.2, 0.25) is 0 Å². The molecule has 2 heterocycles. The normalized spacial score (nSPS) is 31.0. The van der Waals surface area contributed by atoms with Crippen LogP contribution < -0.4 is 0 Å². The summed E-state index contributed by atoms with van der Waals surface area (Å²) < 4.78 is 4.98. The lowest BCUT2D eigenvalue weighted by Crippen LogP contribution is -2.48. The van der Waals surface area contributed by atoms with Crippen molar-refractivity contribution in [3.05, 3.63) is 58.8 Å². The molecule has 4 nitrogen and oxygen atoms in total. The van der Waals surface area contributed by atoms with Gasteiger partial charge in [-0.1, -0.05) is 35.9 Å². The van der Waals surface area contributed by atoms with Crippen LogP contribution >= 0.6 is 23.4 Å². The summed E-state index contributed by atoms with van der Waals surface area (Å²) in [5.41, 5.74) is 1.42. The molecule has 1 aromatic carbocycles. The number of aliphatic imine (C=N–C) groups is 1. The third kappa shape index (κ3) is 2.97. The molecule has 1 aliphatic carbocycles. The van der Waals surface area contributed by atoms with Crippen molar-refractivity contribution in [1.29, 1.82) is 0 Å². The molecular formula is C21H20ClNO3S. The third-order valence-electron chi connectivity index (χ3n) is 5.53. The number of ketones is 1. The Morgan fingerprint density at radius 3 is 2.96 bits per heavy atom. The summed E-state index contributed by atoms with van der Waals surface area (Å²) in [4.78, 5) is 30.7. The van der Waals surface area contributed by atoms with Gasteiger partial charge in [0.25, 0.3) is 0 Å². The van der Waals surface area contributed by atoms with Gasteiger partial charge in [0, 0.05) is 23.4 Å². The largest absolute Gasteiger partial charge is 0.466 e. The molecule has 1 aromatic rings. The summed E-state index contributed by atoms with van der Waals surface area (Å²) in [5.74, 6) is -0.721. The Kier molecular flexibility index (Phi) is 4.99. The van der Waals surface area contributed by atoms with Crippen molar-refractivity contribution in [3.63, 3.8) is 0 Å². The van der Waals surface area contributed by atoms with E-state index in [0.29, 0.717) is 22.9 Å². The molecule has 4 atom stereocenters. The summed E-state index contributed by atoms with van der Waals surface area (Å²) in [6.45, 7) is 2.14. The van der Waals surface area contributed by atoms with Gasteiger partial charge in [0.15, 0.2) is 5.78 Å². The van der Waals surface area contributed by atoms with Gasteiger partial charge in [-0.25, -0.2) is 0 Å². The Morgan fingerprint density at radius 1 is 1.37 bits per heavy atom. The van der Waals surface area contributed by atoms with Gasteiger partial charge in [-0.3, -0.25) is 14.6 Å². The molecule has 0 amide bonds. The van der Waals surface area contributed by atoms with Crippen LogP contribution in [-0.4, -0.2) is 35.1 Å². The van der Waals surface area contributed by atoms with Gasteiger partial charge in [-0.2, -0.15) is 0 Å². The summed E-state index contributed by atoms with van der Waals surface area (Å²) in [6, 6.07) is 7.05. The summed E-state index contributed by atoms with van der Waals surface area (Å²) in [6.07, 6.45) is 8.54. The van der Waals surface area contributed by atoms with Crippen molar-refractivity contribution in [2.24, 2.45) is 22.7 Å². The van der Waals surface area contributed by atoms with E-state index >= 15 is 0 Å². The Labute approximate surface area is 167 Å². The number of rotatable bonds is 4. The van der Waals surface area contributed by atoms with E-state index in [1.54, 1.807) is 49.2 Å². The lowest BCUT2D eigenvalue weighted by atomic mass is 9.67. The minimum absolute atomic E-state index is 0.0841. The summed E-state index contributed by atoms with van der Waals surface area (Å²) in [7, 11) is 0. The number of carbonyl (C=O) groups excluding carboxylic acids is 2. The highest BCUT2D eigenvalue weighted by molar-refractivity contribution is 8.01. The fourth-order valence-corrected chi connectivity index (χ4v) is 6.37. The van der Waals surface area contributed by atoms with Crippen LogP contribution in [0, 0.1) is 17.8 Å². The molecule has 0 saturated carbocycles. The summed E-state index contributed by atoms with van der Waals surface area (Å²) in [5, 5.41) is 0.424. The van der Waals surface area contributed by atoms with E-state index in [9.17, 15) is 9.59 Å². The van der Waals surface area contributed by atoms with Crippen LogP contribution in [-0.2, 0) is 9.53 Å². The maximum Gasteiger partial charge on any atom is 0.310 e. The first-order valence-corrected chi connectivity index (χ1v) is 10.5. The second-order valence-electron chi connectivity index (χ2n) is 6.92. The number of halogens is 1. The molecular weight excluding hydrogens is 382 g/mol. The van der Waals surface area contributed by atoms with E-state index in [4.69, 9.17) is 16.3 Å². The predicted molar refractivity (Wildman–Crippen MR) is 108 cm³/mol. The molecule has 1 saturated heterocycles. The Morgan fingerprint density at radius 2 is 2.19 bits per heavy atom. The number of hydrogen-bond acceptors (Lipinski definition) is 5. The minimum atomic E-state index is -0.502. The zero-order valence-corrected chi connectivity index (χ0v) is 16.5. The van der Waals surface area contributed by atoms with E-state index in [-0.39, 0.29) is 28.3 Å². The second kappa shape index (κ2) is 7.28. The predicted octanol–water partition coefficient (Wildman–Crippen LogP) is 4.35. The van der Waals surface area contributed by atoms with Crippen LogP contribution in [0.5, 0.6) is 0 Å². The molecule has 140 valence electrons. The van der Waals surface area contributed by atoms with Gasteiger partial charge >= 0.3 is 5.97 Å². The fraction of sp³-hybridized carbons (Fsp3) is 0.381. The van der Waals surface area contributed by atoms with Crippen molar-refractivity contribution in [3.8, 4) is 0 Å². The average molecular weight is 402 g/mol. The number of esters is 1. The average Bonchev–Trinajstić information content (AvgIpc) is 3.06. The van der Waals surface area contributed by atoms with Crippen LogP contribution in [0.2, 0.25) is 5.02 Å². The molecule has 3 aliphatic rings. The lowest BCUT2D eigenvalue weighted by Gasteiger charge is -2.42. The summed E-state index contributed by atoms with van der Waals surface area (Å²) >= 11 is 8.00. The van der Waals surface area contributed by atoms with E-state index in [0.717, 1.165) is 12.1 Å². The van der Waals surface area contributed by atoms with Gasteiger partial charge in [0.05, 0.1) is 33.9 Å². The molecule has 27 heavy (non-hydrogen) atoms. The van der Waals surface area contributed by atoms with Crippen molar-refractivity contribution >= 4 is 41.3 Å². The zero-order chi connectivity index (χ0) is 19.0. The molecule has 1 fully saturated rings. The van der Waals surface area contributed by atoms with Gasteiger partial charge in [-0.05, 0) is 31.6 Å². The molecule has 0 N–H and O–H groups in total. The molecule has 0 radical (unpaired) electrons. The number of allylic oxidation sites excluding steroid dienone is 3. The standard InChI is InChI=1S/C21H20ClNO3S/c1-2-26-20(25)15-12-27-21-10-6-5-9-17(21)23-11-14(18(15)21)19(24)13-7-3-4-8-16(13)22/h3-9,11,14-15,18H,2,10,12H2,1H3. The fourth-order valence-electron chi connectivity index (χ4n) is 4.33. The SMILES string of the molecule is CCOC(=O)C1CSC23CC=CC=C2N=CC(C(=O)c2ccccc2Cl)C13. The third-order valence-corrected chi connectivity index (χ3v) is 7.55. The van der Waals surface area contributed by atoms with Crippen LogP contribution in [0.15, 0.2) is 53.2 Å². The van der Waals surface area contributed by atoms with E-state index in [1.165, 1.54) is 0 Å². The van der Waals surface area contributed by atoms with Crippen molar-refractivity contribution < 1.29 is 14.3 Å². The number of hydrogen-bond donors (Lipinski definition) is 0. The number of nitrogens with zero attached hydrogens (tertiary/aromatic N) is 1. The zero-order valence-electron chi connectivity index (χ0n) is 14.9. The van der Waals surface area contributed by atoms with Crippen molar-refractivity contribution in [2.45, 2.75) is 18.1 Å². The Balaban J connectivity index is 1.78. The Hall–Kier alpha value is -1.85. The maximum atomic E-state index is 13.4. The molecule has 4 rings (SSSR count). The second-order valence-corrected chi connectivity index (χ2v) is 8.67. The number of benzene rings is 1. The van der Waals surface area contributed by atoms with E-state index < -0.39 is 5.92 Å². The molecule has 6 heteroatoms. The molecule has 2 aliphatic heterocycles. The van der Waals surface area contributed by atoms with Crippen LogP contribution in [0.1, 0.15) is 23.7 Å². The first kappa shape index (κ1) is 18.5. The topological polar surface area (TPSA) is 55.7 Å². The van der Waals surface area contributed by atoms with Crippen LogP contribution in [0.25, 0.3) is 0 Å². The van der Waals surface area contributed by atoms with E-state index in [2.05, 4.69) is 11.1 Å². The lowest BCUT2D eigenvalue weighted by molar-refractivity contribution is -0.149. The highest BCUT2D eigenvalue weighted by Crippen LogP contribution is 2.59. The number of ether oxygens (including phenoxy) is 1. The first-order valence-electron chi connectivity index (χ1n) is 9.09. The number of carbonyl (C=O) groups is 2. The monoisotopic (exact) mass is 401 g/mol. The number of thioether (sulfide) groups is 1. The molecule has 0 aromatic heterocycles. The maximum absolute atomic E-state index is 13.4. The van der Waals surface area contributed by atoms with Crippen LogP contribution in [0.4, 0.5) is 0 Å². The Bertz CT molecular complexity index is 878. The van der Waals surface area contributed by atoms with Crippen molar-refractivity contribution in [1.82, 2.24) is 0 Å². The van der Waals surface area contributed by atoms with E-state index in [1.807, 2.05) is 12.2 Å². The highest BCUT2D eigenvalue weighted by Gasteiger charge is 2.59. The first-order chi connectivity index (χ1) is 13.1. The van der Waals surface area contributed by atoms with Crippen molar-refractivity contribution in [2.75, 3.05) is 12.4 Å². The number of Topliss-reactive ketones (excluding diaryl/α,β-unsaturated/α-hetero) is 1. The molecule has 1 spiro atoms. The van der Waals surface area contributed by atoms with Gasteiger partial charge in [0.1, 0.15) is 0 Å². The van der Waals surface area contributed by atoms with Gasteiger partial charge in [-0.15, -0.1) is 11.8 Å². The quantitative estimate of drug-likeness (QED) is 0.556. The molecule has 0 bridgehead atoms. The highest BCUT2D eigenvalue weighted by atomic mass is 35.5.